The van der Waals surface area contributed by atoms with E-state index in [0.29, 0.717) is 12.3 Å². The summed E-state index contributed by atoms with van der Waals surface area (Å²) in [6.07, 6.45) is 0. The molecule has 0 atom stereocenters. The van der Waals surface area contributed by atoms with Crippen LogP contribution < -0.4 is 5.32 Å². The molecule has 1 aliphatic rings. The van der Waals surface area contributed by atoms with Gasteiger partial charge in [-0.2, -0.15) is 5.10 Å². The topological polar surface area (TPSA) is 70.2 Å². The Balaban J connectivity index is 0.00000144. The number of rotatable bonds is 4. The van der Waals surface area contributed by atoms with Crippen LogP contribution in [0.1, 0.15) is 23.2 Å². The largest absolute Gasteiger partial charge is 0.383 e. The molecule has 6 nitrogen and oxygen atoms in total. The number of H-pyrrole nitrogens is 1. The van der Waals surface area contributed by atoms with E-state index < -0.39 is 0 Å². The molecule has 0 saturated carbocycles. The Morgan fingerprint density at radius 1 is 1.69 bits per heavy atom. The molecule has 0 saturated heterocycles. The van der Waals surface area contributed by atoms with Gasteiger partial charge in [-0.15, -0.1) is 0 Å². The SMILES string of the molecule is CNC(=O)c1n[nH]c2c1CN(CCOC)C2.[HH]. The van der Waals surface area contributed by atoms with Crippen LogP contribution in [-0.4, -0.2) is 48.3 Å². The van der Waals surface area contributed by atoms with Crippen LogP contribution in [0.2, 0.25) is 0 Å². The Morgan fingerprint density at radius 2 is 2.50 bits per heavy atom. The third-order valence-electron chi connectivity index (χ3n) is 2.77. The van der Waals surface area contributed by atoms with E-state index in [0.717, 1.165) is 30.9 Å². The number of aromatic amines is 1. The summed E-state index contributed by atoms with van der Waals surface area (Å²) in [5.41, 5.74) is 2.56. The second-order valence-electron chi connectivity index (χ2n) is 3.81. The maximum absolute atomic E-state index is 11.5. The van der Waals surface area contributed by atoms with Gasteiger partial charge in [0.25, 0.3) is 5.91 Å². The first kappa shape index (κ1) is 11.1. The van der Waals surface area contributed by atoms with Gasteiger partial charge >= 0.3 is 0 Å². The number of carbonyl (C=O) groups is 1. The van der Waals surface area contributed by atoms with Gasteiger partial charge in [0, 0.05) is 40.8 Å². The molecule has 1 aliphatic heterocycles. The van der Waals surface area contributed by atoms with Crippen molar-refractivity contribution in [2.24, 2.45) is 0 Å². The Labute approximate surface area is 95.4 Å². The van der Waals surface area contributed by atoms with Gasteiger partial charge < -0.3 is 10.1 Å². The molecular weight excluding hydrogens is 208 g/mol. The summed E-state index contributed by atoms with van der Waals surface area (Å²) in [4.78, 5) is 13.7. The van der Waals surface area contributed by atoms with E-state index in [1.165, 1.54) is 0 Å². The molecule has 0 unspecified atom stereocenters. The van der Waals surface area contributed by atoms with Gasteiger partial charge in [0.2, 0.25) is 0 Å². The average molecular weight is 226 g/mol. The normalized spacial score (nSPS) is 15.1. The number of nitrogens with zero attached hydrogens (tertiary/aromatic N) is 2. The van der Waals surface area contributed by atoms with Crippen LogP contribution in [0.3, 0.4) is 0 Å². The molecular formula is C10H18N4O2. The Hall–Kier alpha value is -1.40. The van der Waals surface area contributed by atoms with Gasteiger partial charge in [-0.05, 0) is 0 Å². The number of ether oxygens (including phenoxy) is 1. The lowest BCUT2D eigenvalue weighted by atomic mass is 10.2. The number of methoxy groups -OCH3 is 1. The molecule has 6 heteroatoms. The summed E-state index contributed by atoms with van der Waals surface area (Å²) in [5, 5.41) is 9.53. The van der Waals surface area contributed by atoms with Crippen LogP contribution in [0.4, 0.5) is 0 Å². The highest BCUT2D eigenvalue weighted by Gasteiger charge is 2.26. The highest BCUT2D eigenvalue weighted by molar-refractivity contribution is 5.93. The van der Waals surface area contributed by atoms with E-state index in [9.17, 15) is 4.79 Å². The molecule has 1 aromatic rings. The maximum atomic E-state index is 11.5. The number of fused-ring (bicyclic) bond motifs is 1. The number of amides is 1. The van der Waals surface area contributed by atoms with Gasteiger partial charge in [-0.1, -0.05) is 0 Å². The zero-order chi connectivity index (χ0) is 11.5. The molecule has 16 heavy (non-hydrogen) atoms. The van der Waals surface area contributed by atoms with E-state index in [2.05, 4.69) is 20.4 Å². The monoisotopic (exact) mass is 226 g/mol. The van der Waals surface area contributed by atoms with E-state index in [1.54, 1.807) is 14.2 Å². The van der Waals surface area contributed by atoms with Crippen molar-refractivity contribution in [3.63, 3.8) is 0 Å². The average Bonchev–Trinajstić information content (AvgIpc) is 2.84. The van der Waals surface area contributed by atoms with Crippen LogP contribution in [-0.2, 0) is 17.8 Å². The molecule has 0 aliphatic carbocycles. The van der Waals surface area contributed by atoms with Crippen molar-refractivity contribution in [2.75, 3.05) is 27.3 Å². The highest BCUT2D eigenvalue weighted by Crippen LogP contribution is 2.23. The molecule has 0 bridgehead atoms. The van der Waals surface area contributed by atoms with Gasteiger partial charge in [0.15, 0.2) is 5.69 Å². The fourth-order valence-electron chi connectivity index (χ4n) is 1.89. The number of aromatic nitrogens is 2. The van der Waals surface area contributed by atoms with Crippen molar-refractivity contribution in [1.29, 1.82) is 0 Å². The van der Waals surface area contributed by atoms with Crippen LogP contribution in [0.5, 0.6) is 0 Å². The first-order valence-electron chi connectivity index (χ1n) is 5.25. The summed E-state index contributed by atoms with van der Waals surface area (Å²) in [7, 11) is 3.30. The molecule has 0 radical (unpaired) electrons. The van der Waals surface area contributed by atoms with Crippen molar-refractivity contribution in [1.82, 2.24) is 20.4 Å². The van der Waals surface area contributed by atoms with Crippen molar-refractivity contribution in [3.8, 4) is 0 Å². The molecule has 0 fully saturated rings. The van der Waals surface area contributed by atoms with E-state index in [4.69, 9.17) is 4.74 Å². The van der Waals surface area contributed by atoms with Gasteiger partial charge in [-0.3, -0.25) is 14.8 Å². The van der Waals surface area contributed by atoms with Crippen molar-refractivity contribution in [2.45, 2.75) is 13.1 Å². The second kappa shape index (κ2) is 4.63. The minimum absolute atomic E-state index is 0. The summed E-state index contributed by atoms with van der Waals surface area (Å²) >= 11 is 0. The van der Waals surface area contributed by atoms with E-state index in [1.807, 2.05) is 0 Å². The third kappa shape index (κ3) is 1.94. The van der Waals surface area contributed by atoms with Gasteiger partial charge in [0.1, 0.15) is 0 Å². The summed E-state index contributed by atoms with van der Waals surface area (Å²) < 4.78 is 5.03. The van der Waals surface area contributed by atoms with E-state index in [-0.39, 0.29) is 7.33 Å². The Kier molecular flexibility index (Phi) is 3.21. The van der Waals surface area contributed by atoms with Crippen LogP contribution in [0, 0.1) is 0 Å². The molecule has 1 amide bonds. The Morgan fingerprint density at radius 3 is 3.19 bits per heavy atom. The van der Waals surface area contributed by atoms with Crippen LogP contribution in [0.15, 0.2) is 0 Å². The highest BCUT2D eigenvalue weighted by atomic mass is 16.5. The molecule has 0 aromatic carbocycles. The lowest BCUT2D eigenvalue weighted by molar-refractivity contribution is 0.0956. The standard InChI is InChI=1S/C10H16N4O2.H2/c1-11-10(15)9-7-5-14(3-4-16-2)6-8(7)12-13-9;/h3-6H2,1-2H3,(H,11,15)(H,12,13);1H. The predicted octanol–water partition coefficient (Wildman–Crippen LogP) is -0.0227. The van der Waals surface area contributed by atoms with Crippen LogP contribution in [0.25, 0.3) is 0 Å². The Bertz CT molecular complexity index is 394. The van der Waals surface area contributed by atoms with Crippen molar-refractivity contribution >= 4 is 5.91 Å². The van der Waals surface area contributed by atoms with E-state index >= 15 is 0 Å². The first-order valence-corrected chi connectivity index (χ1v) is 5.25. The number of hydrogen-bond acceptors (Lipinski definition) is 4. The third-order valence-corrected chi connectivity index (χ3v) is 2.77. The summed E-state index contributed by atoms with van der Waals surface area (Å²) in [5.74, 6) is -0.133. The van der Waals surface area contributed by atoms with Crippen molar-refractivity contribution < 1.29 is 11.0 Å². The smallest absolute Gasteiger partial charge is 0.271 e. The lowest BCUT2D eigenvalue weighted by Gasteiger charge is -2.13. The number of hydrogen-bond donors (Lipinski definition) is 2. The molecule has 2 N–H and O–H groups in total. The zero-order valence-corrected chi connectivity index (χ0v) is 9.54. The van der Waals surface area contributed by atoms with Crippen LogP contribution >= 0.6 is 0 Å². The zero-order valence-electron chi connectivity index (χ0n) is 9.54. The first-order chi connectivity index (χ1) is 7.76. The number of nitrogens with one attached hydrogen (secondary N) is 2. The molecule has 90 valence electrons. The summed E-state index contributed by atoms with van der Waals surface area (Å²) in [6.45, 7) is 3.14. The molecule has 0 spiro atoms. The van der Waals surface area contributed by atoms with Crippen molar-refractivity contribution in [3.05, 3.63) is 17.0 Å². The molecule has 1 aromatic heterocycles. The summed E-state index contributed by atoms with van der Waals surface area (Å²) in [6, 6.07) is 0. The minimum atomic E-state index is -0.133. The predicted molar refractivity (Wildman–Crippen MR) is 60.1 cm³/mol. The maximum Gasteiger partial charge on any atom is 0.271 e. The molecule has 2 heterocycles. The fourth-order valence-corrected chi connectivity index (χ4v) is 1.89. The quantitative estimate of drug-likeness (QED) is 0.757. The lowest BCUT2D eigenvalue weighted by Crippen LogP contribution is -2.24. The fraction of sp³-hybridized carbons (Fsp3) is 0.600. The van der Waals surface area contributed by atoms with Gasteiger partial charge in [0.05, 0.1) is 12.3 Å². The van der Waals surface area contributed by atoms with Gasteiger partial charge in [-0.25, -0.2) is 0 Å². The minimum Gasteiger partial charge on any atom is -0.383 e. The molecule has 2 rings (SSSR count). The number of carbonyl (C=O) groups excluding carboxylic acids is 1. The second-order valence-corrected chi connectivity index (χ2v) is 3.81.